The minimum absolute atomic E-state index is 0.0973. The number of carbonyl (C=O) groups excluding carboxylic acids is 1. The van der Waals surface area contributed by atoms with Crippen molar-refractivity contribution < 1.29 is 4.79 Å². The first kappa shape index (κ1) is 11.8. The number of carbonyl (C=O) groups is 1. The molecule has 2 saturated carbocycles. The summed E-state index contributed by atoms with van der Waals surface area (Å²) in [4.78, 5) is 12.2. The summed E-state index contributed by atoms with van der Waals surface area (Å²) in [5, 5.41) is 7.26. The number of thiophene rings is 1. The van der Waals surface area contributed by atoms with Gasteiger partial charge >= 0.3 is 0 Å². The van der Waals surface area contributed by atoms with E-state index >= 15 is 0 Å². The number of amides is 1. The van der Waals surface area contributed by atoms with Crippen molar-refractivity contribution in [2.75, 3.05) is 18.1 Å². The summed E-state index contributed by atoms with van der Waals surface area (Å²) in [6.07, 6.45) is 5.38. The van der Waals surface area contributed by atoms with Gasteiger partial charge in [-0.05, 0) is 43.6 Å². The molecule has 0 unspecified atom stereocenters. The van der Waals surface area contributed by atoms with E-state index in [1.165, 1.54) is 37.0 Å². The Balaban J connectivity index is 1.73. The fourth-order valence-corrected chi connectivity index (χ4v) is 3.44. The molecule has 0 atom stereocenters. The molecule has 98 valence electrons. The molecule has 2 aliphatic carbocycles. The lowest BCUT2D eigenvalue weighted by molar-refractivity contribution is 0.0968. The summed E-state index contributed by atoms with van der Waals surface area (Å²) in [6.45, 7) is 0. The summed E-state index contributed by atoms with van der Waals surface area (Å²) < 4.78 is 0. The highest BCUT2D eigenvalue weighted by atomic mass is 32.1. The van der Waals surface area contributed by atoms with Crippen LogP contribution in [0.25, 0.3) is 0 Å². The summed E-state index contributed by atoms with van der Waals surface area (Å²) >= 11 is 1.46. The molecule has 3 rings (SSSR count). The quantitative estimate of drug-likeness (QED) is 0.765. The smallest absolute Gasteiger partial charge is 0.263 e. The fourth-order valence-electron chi connectivity index (χ4n) is 2.46. The van der Waals surface area contributed by atoms with E-state index < -0.39 is 0 Å². The average molecular weight is 265 g/mol. The molecule has 1 aromatic rings. The Labute approximate surface area is 111 Å². The minimum atomic E-state index is -0.0973. The number of rotatable bonds is 5. The van der Waals surface area contributed by atoms with Gasteiger partial charge in [0.2, 0.25) is 0 Å². The second-order valence-corrected chi connectivity index (χ2v) is 6.37. The summed E-state index contributed by atoms with van der Waals surface area (Å²) in [6, 6.07) is 2.49. The molecule has 2 fully saturated rings. The number of nitrogen functional groups attached to an aromatic ring is 1. The molecule has 5 heteroatoms. The van der Waals surface area contributed by atoms with Crippen LogP contribution < -0.4 is 16.4 Å². The third-order valence-corrected chi connectivity index (χ3v) is 4.84. The monoisotopic (exact) mass is 265 g/mol. The van der Waals surface area contributed by atoms with E-state index in [0.29, 0.717) is 16.6 Å². The Morgan fingerprint density at radius 1 is 1.39 bits per heavy atom. The van der Waals surface area contributed by atoms with Gasteiger partial charge < -0.3 is 16.4 Å². The highest BCUT2D eigenvalue weighted by Gasteiger charge is 2.41. The van der Waals surface area contributed by atoms with Gasteiger partial charge in [-0.3, -0.25) is 4.79 Å². The lowest BCUT2D eigenvalue weighted by atomic mass is 10.1. The molecule has 0 bridgehead atoms. The highest BCUT2D eigenvalue weighted by Crippen LogP contribution is 2.46. The lowest BCUT2D eigenvalue weighted by Crippen LogP contribution is -2.23. The van der Waals surface area contributed by atoms with Crippen LogP contribution >= 0.6 is 11.3 Å². The van der Waals surface area contributed by atoms with Gasteiger partial charge in [0.1, 0.15) is 4.88 Å². The van der Waals surface area contributed by atoms with E-state index in [9.17, 15) is 4.79 Å². The van der Waals surface area contributed by atoms with Crippen LogP contribution in [-0.2, 0) is 0 Å². The van der Waals surface area contributed by atoms with Crippen molar-refractivity contribution in [1.82, 2.24) is 5.32 Å². The first-order valence-electron chi connectivity index (χ1n) is 6.57. The standard InChI is InChI=1S/C13H19N3OS/c1-15-13(17)12-9(14)6-10(18-12)16-11(7-2-3-7)8-4-5-8/h6-8,11,16H,2-5,14H2,1H3,(H,15,17). The number of nitrogens with two attached hydrogens (primary N) is 1. The molecule has 1 amide bonds. The number of nitrogens with one attached hydrogen (secondary N) is 2. The Hall–Kier alpha value is -1.23. The van der Waals surface area contributed by atoms with Crippen molar-refractivity contribution in [2.24, 2.45) is 11.8 Å². The highest BCUT2D eigenvalue weighted by molar-refractivity contribution is 7.18. The Morgan fingerprint density at radius 2 is 2.00 bits per heavy atom. The number of anilines is 2. The molecule has 4 N–H and O–H groups in total. The molecular weight excluding hydrogens is 246 g/mol. The van der Waals surface area contributed by atoms with Gasteiger partial charge in [-0.15, -0.1) is 11.3 Å². The van der Waals surface area contributed by atoms with E-state index in [2.05, 4.69) is 10.6 Å². The first-order chi connectivity index (χ1) is 8.69. The molecule has 1 heterocycles. The third-order valence-electron chi connectivity index (χ3n) is 3.76. The molecule has 0 saturated heterocycles. The van der Waals surface area contributed by atoms with Crippen LogP contribution in [0.1, 0.15) is 35.4 Å². The van der Waals surface area contributed by atoms with Gasteiger partial charge in [0.25, 0.3) is 5.91 Å². The van der Waals surface area contributed by atoms with Gasteiger partial charge in [-0.25, -0.2) is 0 Å². The van der Waals surface area contributed by atoms with E-state index in [1.807, 2.05) is 6.07 Å². The van der Waals surface area contributed by atoms with Gasteiger partial charge in [-0.1, -0.05) is 0 Å². The van der Waals surface area contributed by atoms with Gasteiger partial charge in [0.05, 0.1) is 10.7 Å². The predicted molar refractivity (Wildman–Crippen MR) is 75.0 cm³/mol. The zero-order chi connectivity index (χ0) is 12.7. The van der Waals surface area contributed by atoms with Crippen LogP contribution in [0.5, 0.6) is 0 Å². The lowest BCUT2D eigenvalue weighted by Gasteiger charge is -2.17. The second kappa shape index (κ2) is 4.46. The Morgan fingerprint density at radius 3 is 2.50 bits per heavy atom. The largest absolute Gasteiger partial charge is 0.397 e. The second-order valence-electron chi connectivity index (χ2n) is 5.32. The summed E-state index contributed by atoms with van der Waals surface area (Å²) in [5.41, 5.74) is 6.46. The third kappa shape index (κ3) is 2.32. The molecule has 18 heavy (non-hydrogen) atoms. The molecule has 0 spiro atoms. The van der Waals surface area contributed by atoms with Crippen LogP contribution in [0.3, 0.4) is 0 Å². The molecule has 0 radical (unpaired) electrons. The van der Waals surface area contributed by atoms with Gasteiger partial charge in [0, 0.05) is 13.1 Å². The molecule has 1 aromatic heterocycles. The van der Waals surface area contributed by atoms with Crippen LogP contribution in [0.2, 0.25) is 0 Å². The van der Waals surface area contributed by atoms with Crippen LogP contribution in [0.4, 0.5) is 10.7 Å². The minimum Gasteiger partial charge on any atom is -0.397 e. The Kier molecular flexibility index (Phi) is 2.93. The van der Waals surface area contributed by atoms with Crippen molar-refractivity contribution in [1.29, 1.82) is 0 Å². The normalized spacial score (nSPS) is 19.0. The van der Waals surface area contributed by atoms with Crippen molar-refractivity contribution in [2.45, 2.75) is 31.7 Å². The predicted octanol–water partition coefficient (Wildman–Crippen LogP) is 2.29. The van der Waals surface area contributed by atoms with Crippen LogP contribution in [0.15, 0.2) is 6.07 Å². The van der Waals surface area contributed by atoms with E-state index in [4.69, 9.17) is 5.73 Å². The molecule has 2 aliphatic rings. The zero-order valence-corrected chi connectivity index (χ0v) is 11.3. The van der Waals surface area contributed by atoms with E-state index in [-0.39, 0.29) is 5.91 Å². The molecule has 0 aromatic carbocycles. The maximum atomic E-state index is 11.6. The summed E-state index contributed by atoms with van der Waals surface area (Å²) in [7, 11) is 1.63. The maximum absolute atomic E-state index is 11.6. The number of hydrogen-bond donors (Lipinski definition) is 3. The van der Waals surface area contributed by atoms with Crippen LogP contribution in [0, 0.1) is 11.8 Å². The van der Waals surface area contributed by atoms with Crippen molar-refractivity contribution >= 4 is 27.9 Å². The van der Waals surface area contributed by atoms with E-state index in [0.717, 1.165) is 16.8 Å². The van der Waals surface area contributed by atoms with Gasteiger partial charge in [0.15, 0.2) is 0 Å². The summed E-state index contributed by atoms with van der Waals surface area (Å²) in [5.74, 6) is 1.58. The van der Waals surface area contributed by atoms with Crippen molar-refractivity contribution in [3.05, 3.63) is 10.9 Å². The van der Waals surface area contributed by atoms with E-state index in [1.54, 1.807) is 7.05 Å². The topological polar surface area (TPSA) is 67.2 Å². The maximum Gasteiger partial charge on any atom is 0.263 e. The molecule has 4 nitrogen and oxygen atoms in total. The zero-order valence-electron chi connectivity index (χ0n) is 10.5. The number of hydrogen-bond acceptors (Lipinski definition) is 4. The average Bonchev–Trinajstić information content (AvgIpc) is 3.24. The Bertz CT molecular complexity index is 451. The first-order valence-corrected chi connectivity index (χ1v) is 7.38. The van der Waals surface area contributed by atoms with Crippen molar-refractivity contribution in [3.63, 3.8) is 0 Å². The fraction of sp³-hybridized carbons (Fsp3) is 0.615. The van der Waals surface area contributed by atoms with Gasteiger partial charge in [-0.2, -0.15) is 0 Å². The van der Waals surface area contributed by atoms with Crippen molar-refractivity contribution in [3.8, 4) is 0 Å². The van der Waals surface area contributed by atoms with Crippen LogP contribution in [-0.4, -0.2) is 19.0 Å². The molecule has 0 aliphatic heterocycles. The molecular formula is C13H19N3OS. The SMILES string of the molecule is CNC(=O)c1sc(NC(C2CC2)C2CC2)cc1N.